The molecule has 0 aliphatic heterocycles. The van der Waals surface area contributed by atoms with Crippen LogP contribution in [0.4, 0.5) is 0 Å². The summed E-state index contributed by atoms with van der Waals surface area (Å²) in [5.74, 6) is -1.58. The van der Waals surface area contributed by atoms with Gasteiger partial charge in [0.25, 0.3) is 0 Å². The molecule has 1 aromatic rings. The van der Waals surface area contributed by atoms with Crippen molar-refractivity contribution < 1.29 is 14.7 Å². The van der Waals surface area contributed by atoms with Crippen molar-refractivity contribution in [1.29, 1.82) is 0 Å². The van der Waals surface area contributed by atoms with E-state index in [1.165, 1.54) is 0 Å². The van der Waals surface area contributed by atoms with E-state index >= 15 is 0 Å². The summed E-state index contributed by atoms with van der Waals surface area (Å²) in [6.07, 6.45) is 2.88. The van der Waals surface area contributed by atoms with Crippen LogP contribution < -0.4 is 11.1 Å². The van der Waals surface area contributed by atoms with E-state index in [-0.39, 0.29) is 12.5 Å². The Morgan fingerprint density at radius 1 is 1.59 bits per heavy atom. The first-order valence-corrected chi connectivity index (χ1v) is 5.18. The number of carbonyl (C=O) groups excluding carboxylic acids is 1. The highest BCUT2D eigenvalue weighted by molar-refractivity contribution is 5.86. The normalized spacial score (nSPS) is 13.8. The molecule has 0 bridgehead atoms. The highest BCUT2D eigenvalue weighted by atomic mass is 16.4. The Bertz CT molecular complexity index is 394. The maximum atomic E-state index is 11.5. The van der Waals surface area contributed by atoms with Crippen LogP contribution in [0.3, 0.4) is 0 Å². The van der Waals surface area contributed by atoms with Crippen LogP contribution in [0, 0.1) is 0 Å². The van der Waals surface area contributed by atoms with Crippen molar-refractivity contribution in [2.45, 2.75) is 25.4 Å². The molecule has 17 heavy (non-hydrogen) atoms. The molecular formula is C11H15N3O3. The number of carbonyl (C=O) groups is 2. The number of hydrogen-bond donors (Lipinski definition) is 3. The molecule has 6 nitrogen and oxygen atoms in total. The Hall–Kier alpha value is -1.95. The van der Waals surface area contributed by atoms with E-state index in [0.717, 1.165) is 5.56 Å². The zero-order chi connectivity index (χ0) is 12.8. The first-order chi connectivity index (χ1) is 8.00. The first kappa shape index (κ1) is 13.1. The molecule has 0 saturated heterocycles. The molecule has 0 spiro atoms. The molecule has 2 unspecified atom stereocenters. The van der Waals surface area contributed by atoms with Crippen LogP contribution in [0.25, 0.3) is 0 Å². The second-order valence-electron chi connectivity index (χ2n) is 3.72. The number of rotatable bonds is 5. The summed E-state index contributed by atoms with van der Waals surface area (Å²) in [5.41, 5.74) is 6.27. The fourth-order valence-corrected chi connectivity index (χ4v) is 1.32. The van der Waals surface area contributed by atoms with Crippen LogP contribution in [0.5, 0.6) is 0 Å². The van der Waals surface area contributed by atoms with E-state index in [1.807, 2.05) is 6.07 Å². The van der Waals surface area contributed by atoms with Gasteiger partial charge in [-0.15, -0.1) is 0 Å². The van der Waals surface area contributed by atoms with Crippen molar-refractivity contribution in [2.75, 3.05) is 0 Å². The molecule has 1 amide bonds. The van der Waals surface area contributed by atoms with Crippen molar-refractivity contribution in [3.05, 3.63) is 30.1 Å². The predicted octanol–water partition coefficient (Wildman–Crippen LogP) is 0.0608. The lowest BCUT2D eigenvalue weighted by Gasteiger charge is -2.16. The van der Waals surface area contributed by atoms with E-state index in [0.29, 0.717) is 0 Å². The van der Waals surface area contributed by atoms with Crippen LogP contribution in [-0.2, 0) is 9.59 Å². The predicted molar refractivity (Wildman–Crippen MR) is 61.0 cm³/mol. The number of amides is 1. The van der Waals surface area contributed by atoms with Crippen LogP contribution in [-0.4, -0.2) is 28.0 Å². The third-order valence-electron chi connectivity index (χ3n) is 2.27. The van der Waals surface area contributed by atoms with E-state index in [1.54, 1.807) is 25.4 Å². The van der Waals surface area contributed by atoms with Gasteiger partial charge in [0, 0.05) is 12.4 Å². The highest BCUT2D eigenvalue weighted by Gasteiger charge is 2.19. The van der Waals surface area contributed by atoms with Gasteiger partial charge in [-0.2, -0.15) is 0 Å². The third kappa shape index (κ3) is 4.20. The van der Waals surface area contributed by atoms with Crippen LogP contribution in [0.15, 0.2) is 24.5 Å². The Morgan fingerprint density at radius 2 is 2.29 bits per heavy atom. The summed E-state index contributed by atoms with van der Waals surface area (Å²) in [6.45, 7) is 1.78. The van der Waals surface area contributed by atoms with Crippen LogP contribution in [0.1, 0.15) is 24.9 Å². The zero-order valence-electron chi connectivity index (χ0n) is 9.46. The number of nitrogens with two attached hydrogens (primary N) is 1. The van der Waals surface area contributed by atoms with Gasteiger partial charge in [0.2, 0.25) is 5.91 Å². The third-order valence-corrected chi connectivity index (χ3v) is 2.27. The number of aromatic nitrogens is 1. The molecular weight excluding hydrogens is 222 g/mol. The molecule has 6 heteroatoms. The van der Waals surface area contributed by atoms with Gasteiger partial charge in [-0.25, -0.2) is 0 Å². The minimum Gasteiger partial charge on any atom is -0.481 e. The summed E-state index contributed by atoms with van der Waals surface area (Å²) in [6, 6.07) is 2.29. The molecule has 1 rings (SSSR count). The van der Waals surface area contributed by atoms with Gasteiger partial charge in [-0.05, 0) is 18.6 Å². The number of hydrogen-bond acceptors (Lipinski definition) is 4. The van der Waals surface area contributed by atoms with Crippen molar-refractivity contribution in [2.24, 2.45) is 5.73 Å². The maximum Gasteiger partial charge on any atom is 0.305 e. The second-order valence-corrected chi connectivity index (χ2v) is 3.72. The average molecular weight is 237 g/mol. The van der Waals surface area contributed by atoms with Gasteiger partial charge < -0.3 is 16.2 Å². The highest BCUT2D eigenvalue weighted by Crippen LogP contribution is 2.09. The molecule has 1 heterocycles. The monoisotopic (exact) mass is 237 g/mol. The Kier molecular flexibility index (Phi) is 4.59. The summed E-state index contributed by atoms with van der Waals surface area (Å²) in [4.78, 5) is 25.9. The molecule has 0 aliphatic carbocycles. The molecule has 4 N–H and O–H groups in total. The Morgan fingerprint density at radius 3 is 2.82 bits per heavy atom. The summed E-state index contributed by atoms with van der Waals surface area (Å²) in [5, 5.41) is 11.1. The minimum absolute atomic E-state index is 0.254. The summed E-state index contributed by atoms with van der Waals surface area (Å²) >= 11 is 0. The van der Waals surface area contributed by atoms with Gasteiger partial charge in [0.15, 0.2) is 0 Å². The SMILES string of the molecule is CC(NC(=O)C(N)CC(=O)O)c1cccnc1. The van der Waals surface area contributed by atoms with Crippen molar-refractivity contribution in [1.82, 2.24) is 10.3 Å². The lowest BCUT2D eigenvalue weighted by Crippen LogP contribution is -2.42. The molecule has 0 saturated carbocycles. The Labute approximate surface area is 98.8 Å². The fraction of sp³-hybridized carbons (Fsp3) is 0.364. The molecule has 0 radical (unpaired) electrons. The summed E-state index contributed by atoms with van der Waals surface area (Å²) in [7, 11) is 0. The molecule has 0 aliphatic rings. The van der Waals surface area contributed by atoms with Gasteiger partial charge >= 0.3 is 5.97 Å². The molecule has 2 atom stereocenters. The smallest absolute Gasteiger partial charge is 0.305 e. The van der Waals surface area contributed by atoms with Crippen molar-refractivity contribution in [3.63, 3.8) is 0 Å². The molecule has 92 valence electrons. The molecule has 0 aromatic carbocycles. The fourth-order valence-electron chi connectivity index (χ4n) is 1.32. The zero-order valence-corrected chi connectivity index (χ0v) is 9.46. The number of aliphatic carboxylic acids is 1. The quantitative estimate of drug-likeness (QED) is 0.671. The van der Waals surface area contributed by atoms with Crippen LogP contribution >= 0.6 is 0 Å². The second kappa shape index (κ2) is 5.95. The van der Waals surface area contributed by atoms with E-state index in [9.17, 15) is 9.59 Å². The maximum absolute atomic E-state index is 11.5. The van der Waals surface area contributed by atoms with E-state index < -0.39 is 17.9 Å². The van der Waals surface area contributed by atoms with Crippen molar-refractivity contribution >= 4 is 11.9 Å². The van der Waals surface area contributed by atoms with Gasteiger partial charge in [-0.1, -0.05) is 6.07 Å². The Balaban J connectivity index is 2.54. The standard InChI is InChI=1S/C11H15N3O3/c1-7(8-3-2-4-13-6-8)14-11(17)9(12)5-10(15)16/h2-4,6-7,9H,5,12H2,1H3,(H,14,17)(H,15,16). The lowest BCUT2D eigenvalue weighted by molar-refractivity contribution is -0.139. The first-order valence-electron chi connectivity index (χ1n) is 5.18. The number of nitrogens with one attached hydrogen (secondary N) is 1. The number of pyridine rings is 1. The van der Waals surface area contributed by atoms with Gasteiger partial charge in [0.1, 0.15) is 0 Å². The molecule has 0 fully saturated rings. The number of carboxylic acids is 1. The summed E-state index contributed by atoms with van der Waals surface area (Å²) < 4.78 is 0. The van der Waals surface area contributed by atoms with Gasteiger partial charge in [-0.3, -0.25) is 14.6 Å². The van der Waals surface area contributed by atoms with Crippen LogP contribution in [0.2, 0.25) is 0 Å². The number of nitrogens with zero attached hydrogens (tertiary/aromatic N) is 1. The lowest BCUT2D eigenvalue weighted by atomic mass is 10.1. The van der Waals surface area contributed by atoms with E-state index in [4.69, 9.17) is 10.8 Å². The minimum atomic E-state index is -1.10. The largest absolute Gasteiger partial charge is 0.481 e. The van der Waals surface area contributed by atoms with Crippen molar-refractivity contribution in [3.8, 4) is 0 Å². The number of carboxylic acid groups (broad SMARTS) is 1. The van der Waals surface area contributed by atoms with Gasteiger partial charge in [0.05, 0.1) is 18.5 Å². The average Bonchev–Trinajstić information content (AvgIpc) is 2.29. The molecule has 1 aromatic heterocycles. The topological polar surface area (TPSA) is 105 Å². The van der Waals surface area contributed by atoms with E-state index in [2.05, 4.69) is 10.3 Å².